The summed E-state index contributed by atoms with van der Waals surface area (Å²) in [4.78, 5) is 11.8. The number of carbonyl (C=O) groups excluding carboxylic acids is 1. The van der Waals surface area contributed by atoms with E-state index in [-0.39, 0.29) is 0 Å². The Balaban J connectivity index is 2.14. The number of rotatable bonds is 6. The van der Waals surface area contributed by atoms with Crippen molar-refractivity contribution in [2.24, 2.45) is 0 Å². The predicted molar refractivity (Wildman–Crippen MR) is 117 cm³/mol. The minimum atomic E-state index is -0.412. The summed E-state index contributed by atoms with van der Waals surface area (Å²) < 4.78 is 4.78. The van der Waals surface area contributed by atoms with Crippen molar-refractivity contribution in [2.75, 3.05) is 7.11 Å². The molecule has 0 aliphatic rings. The molecule has 140 valence electrons. The maximum atomic E-state index is 11.8. The van der Waals surface area contributed by atoms with Crippen molar-refractivity contribution < 1.29 is 9.53 Å². The highest BCUT2D eigenvalue weighted by Gasteiger charge is 2.14. The Morgan fingerprint density at radius 2 is 1.21 bits per heavy atom. The van der Waals surface area contributed by atoms with Crippen LogP contribution >= 0.6 is 0 Å². The first-order valence-corrected chi connectivity index (χ1v) is 9.37. The summed E-state index contributed by atoms with van der Waals surface area (Å²) in [6.45, 7) is 6.02. The van der Waals surface area contributed by atoms with Crippen LogP contribution in [-0.4, -0.2) is 13.1 Å². The van der Waals surface area contributed by atoms with Gasteiger partial charge in [-0.3, -0.25) is 0 Å². The van der Waals surface area contributed by atoms with E-state index in [2.05, 4.69) is 62.0 Å². The Bertz CT molecular complexity index is 982. The summed E-state index contributed by atoms with van der Waals surface area (Å²) in [6.07, 6.45) is 0.908. The molecule has 0 amide bonds. The molecule has 2 nitrogen and oxygen atoms in total. The molecule has 0 fully saturated rings. The summed E-state index contributed by atoms with van der Waals surface area (Å²) in [5.74, 6) is -0.412. The van der Waals surface area contributed by atoms with E-state index in [1.165, 1.54) is 29.4 Å². The summed E-state index contributed by atoms with van der Waals surface area (Å²) in [6, 6.07) is 28.8. The zero-order chi connectivity index (χ0) is 19.9. The van der Waals surface area contributed by atoms with E-state index in [0.717, 1.165) is 17.5 Å². The third-order valence-electron chi connectivity index (χ3n) is 4.79. The first-order valence-electron chi connectivity index (χ1n) is 9.37. The van der Waals surface area contributed by atoms with E-state index in [1.54, 1.807) is 0 Å². The van der Waals surface area contributed by atoms with Crippen LogP contribution in [0, 0.1) is 0 Å². The highest BCUT2D eigenvalue weighted by molar-refractivity contribution is 6.15. The van der Waals surface area contributed by atoms with E-state index in [0.29, 0.717) is 5.57 Å². The second-order valence-corrected chi connectivity index (χ2v) is 6.49. The van der Waals surface area contributed by atoms with Gasteiger partial charge in [0.05, 0.1) is 12.7 Å². The van der Waals surface area contributed by atoms with Crippen molar-refractivity contribution in [3.8, 4) is 0 Å². The first-order chi connectivity index (χ1) is 13.7. The van der Waals surface area contributed by atoms with E-state index in [4.69, 9.17) is 4.74 Å². The van der Waals surface area contributed by atoms with Crippen LogP contribution in [0.3, 0.4) is 0 Å². The molecule has 0 saturated carbocycles. The Labute approximate surface area is 166 Å². The van der Waals surface area contributed by atoms with Gasteiger partial charge < -0.3 is 4.74 Å². The van der Waals surface area contributed by atoms with Gasteiger partial charge in [0.1, 0.15) is 0 Å². The van der Waals surface area contributed by atoms with Crippen LogP contribution in [0.4, 0.5) is 0 Å². The zero-order valence-corrected chi connectivity index (χ0v) is 16.3. The molecule has 0 N–H and O–H groups in total. The molecular weight excluding hydrogens is 344 g/mol. The molecule has 0 saturated heterocycles. The summed E-state index contributed by atoms with van der Waals surface area (Å²) >= 11 is 0. The first kappa shape index (κ1) is 19.4. The van der Waals surface area contributed by atoms with Gasteiger partial charge in [0.15, 0.2) is 0 Å². The van der Waals surface area contributed by atoms with E-state index in [1.807, 2.05) is 36.4 Å². The molecule has 0 spiro atoms. The number of hydrogen-bond acceptors (Lipinski definition) is 2. The van der Waals surface area contributed by atoms with Gasteiger partial charge >= 0.3 is 5.97 Å². The minimum absolute atomic E-state index is 0.359. The number of allylic oxidation sites excluding steroid dienone is 1. The fourth-order valence-electron chi connectivity index (χ4n) is 3.36. The maximum Gasteiger partial charge on any atom is 0.337 e. The molecule has 3 aromatic rings. The van der Waals surface area contributed by atoms with Gasteiger partial charge in [-0.25, -0.2) is 4.79 Å². The van der Waals surface area contributed by atoms with Gasteiger partial charge in [0.25, 0.3) is 0 Å². The smallest absolute Gasteiger partial charge is 0.337 e. The largest absolute Gasteiger partial charge is 0.465 e. The Kier molecular flexibility index (Phi) is 6.23. The SMILES string of the molecule is C=C(C(=O)OC)c1ccc(C(=C(CC)c2ccccc2)c2ccccc2)cc1. The van der Waals surface area contributed by atoms with Crippen LogP contribution in [0.15, 0.2) is 91.5 Å². The van der Waals surface area contributed by atoms with Crippen molar-refractivity contribution in [2.45, 2.75) is 13.3 Å². The van der Waals surface area contributed by atoms with Crippen molar-refractivity contribution in [1.82, 2.24) is 0 Å². The molecular formula is C26H24O2. The Morgan fingerprint density at radius 1 is 0.750 bits per heavy atom. The molecule has 0 unspecified atom stereocenters. The fraction of sp³-hybridized carbons (Fsp3) is 0.115. The van der Waals surface area contributed by atoms with Crippen molar-refractivity contribution in [1.29, 1.82) is 0 Å². The third kappa shape index (κ3) is 4.12. The van der Waals surface area contributed by atoms with Gasteiger partial charge in [0, 0.05) is 0 Å². The maximum absolute atomic E-state index is 11.8. The van der Waals surface area contributed by atoms with Crippen LogP contribution in [0.2, 0.25) is 0 Å². The molecule has 2 heteroatoms. The van der Waals surface area contributed by atoms with E-state index in [9.17, 15) is 4.79 Å². The lowest BCUT2D eigenvalue weighted by molar-refractivity contribution is -0.133. The molecule has 3 aromatic carbocycles. The number of benzene rings is 3. The number of methoxy groups -OCH3 is 1. The average molecular weight is 368 g/mol. The number of carbonyl (C=O) groups is 1. The molecule has 0 aliphatic carbocycles. The summed E-state index contributed by atoms with van der Waals surface area (Å²) in [7, 11) is 1.37. The van der Waals surface area contributed by atoms with Crippen LogP contribution < -0.4 is 0 Å². The molecule has 0 heterocycles. The Morgan fingerprint density at radius 3 is 1.71 bits per heavy atom. The topological polar surface area (TPSA) is 26.3 Å². The average Bonchev–Trinajstić information content (AvgIpc) is 2.77. The minimum Gasteiger partial charge on any atom is -0.465 e. The quantitative estimate of drug-likeness (QED) is 0.292. The molecule has 0 aliphatic heterocycles. The lowest BCUT2D eigenvalue weighted by Gasteiger charge is -2.17. The van der Waals surface area contributed by atoms with Crippen molar-refractivity contribution in [3.05, 3.63) is 114 Å². The second kappa shape index (κ2) is 9.01. The van der Waals surface area contributed by atoms with Gasteiger partial charge in [-0.05, 0) is 39.8 Å². The fourth-order valence-corrected chi connectivity index (χ4v) is 3.36. The molecule has 3 rings (SSSR count). The monoisotopic (exact) mass is 368 g/mol. The molecule has 0 atom stereocenters. The zero-order valence-electron chi connectivity index (χ0n) is 16.3. The van der Waals surface area contributed by atoms with Crippen LogP contribution in [0.5, 0.6) is 0 Å². The second-order valence-electron chi connectivity index (χ2n) is 6.49. The third-order valence-corrected chi connectivity index (χ3v) is 4.79. The van der Waals surface area contributed by atoms with Gasteiger partial charge in [-0.15, -0.1) is 0 Å². The lowest BCUT2D eigenvalue weighted by Crippen LogP contribution is -2.02. The standard InChI is InChI=1S/C26H24O2/c1-4-24(21-11-7-5-8-12-21)25(22-13-9-6-10-14-22)23-17-15-20(16-18-23)19(2)26(27)28-3/h5-18H,2,4H2,1,3H3. The van der Waals surface area contributed by atoms with E-state index >= 15 is 0 Å². The van der Waals surface area contributed by atoms with Gasteiger partial charge in [0.2, 0.25) is 0 Å². The van der Waals surface area contributed by atoms with Crippen LogP contribution in [0.25, 0.3) is 16.7 Å². The van der Waals surface area contributed by atoms with Crippen LogP contribution in [-0.2, 0) is 9.53 Å². The lowest BCUT2D eigenvalue weighted by atomic mass is 9.87. The number of ether oxygens (including phenoxy) is 1. The molecule has 0 radical (unpaired) electrons. The molecule has 0 aromatic heterocycles. The molecule has 28 heavy (non-hydrogen) atoms. The highest BCUT2D eigenvalue weighted by atomic mass is 16.5. The molecule has 0 bridgehead atoms. The predicted octanol–water partition coefficient (Wildman–Crippen LogP) is 6.24. The Hall–Kier alpha value is -3.39. The van der Waals surface area contributed by atoms with Crippen LogP contribution in [0.1, 0.15) is 35.6 Å². The normalized spacial score (nSPS) is 11.5. The summed E-state index contributed by atoms with van der Waals surface area (Å²) in [5, 5.41) is 0. The van der Waals surface area contributed by atoms with E-state index < -0.39 is 5.97 Å². The van der Waals surface area contributed by atoms with Gasteiger partial charge in [-0.2, -0.15) is 0 Å². The van der Waals surface area contributed by atoms with Crippen molar-refractivity contribution >= 4 is 22.7 Å². The number of esters is 1. The summed E-state index contributed by atoms with van der Waals surface area (Å²) in [5.41, 5.74) is 7.10. The van der Waals surface area contributed by atoms with Crippen molar-refractivity contribution in [3.63, 3.8) is 0 Å². The number of hydrogen-bond donors (Lipinski definition) is 0. The highest BCUT2D eigenvalue weighted by Crippen LogP contribution is 2.34. The van der Waals surface area contributed by atoms with Gasteiger partial charge in [-0.1, -0.05) is 98.4 Å².